The highest BCUT2D eigenvalue weighted by molar-refractivity contribution is 7.80. The lowest BCUT2D eigenvalue weighted by molar-refractivity contribution is 0.144. The van der Waals surface area contributed by atoms with Gasteiger partial charge in [0, 0.05) is 6.54 Å². The number of amides is 1. The van der Waals surface area contributed by atoms with E-state index in [-0.39, 0.29) is 11.5 Å². The fraction of sp³-hybridized carbons (Fsp3) is 0.900. The molecule has 0 saturated carbocycles. The van der Waals surface area contributed by atoms with Gasteiger partial charge in [-0.15, -0.1) is 0 Å². The Kier molecular flexibility index (Phi) is 3.70. The zero-order valence-electron chi connectivity index (χ0n) is 9.12. The minimum Gasteiger partial charge on any atom is -0.448 e. The van der Waals surface area contributed by atoms with Crippen molar-refractivity contribution < 1.29 is 9.53 Å². The van der Waals surface area contributed by atoms with Gasteiger partial charge >= 0.3 is 6.09 Å². The summed E-state index contributed by atoms with van der Waals surface area (Å²) in [6, 6.07) is 0. The highest BCUT2D eigenvalue weighted by Gasteiger charge is 2.30. The van der Waals surface area contributed by atoms with Crippen LogP contribution in [0.25, 0.3) is 0 Å². The minimum absolute atomic E-state index is 0.180. The maximum Gasteiger partial charge on any atom is 0.409 e. The summed E-state index contributed by atoms with van der Waals surface area (Å²) in [5, 5.41) is 0. The summed E-state index contributed by atoms with van der Waals surface area (Å²) in [5.74, 6) is 1.21. The van der Waals surface area contributed by atoms with Crippen molar-refractivity contribution in [2.75, 3.05) is 25.4 Å². The van der Waals surface area contributed by atoms with Crippen LogP contribution in [0.3, 0.4) is 0 Å². The first-order valence-corrected chi connectivity index (χ1v) is 5.61. The standard InChI is InChI=1S/C10H19NO2S/c1-10(2,3)8(7-14)6-11-4-5-13-9(11)12/h8,14H,4-7H2,1-3H3. The zero-order chi connectivity index (χ0) is 10.8. The molecule has 0 spiro atoms. The normalized spacial score (nSPS) is 19.7. The predicted octanol–water partition coefficient (Wildman–Crippen LogP) is 2.03. The van der Waals surface area contributed by atoms with Gasteiger partial charge in [-0.25, -0.2) is 4.79 Å². The SMILES string of the molecule is CC(C)(C)C(CS)CN1CCOC1=O. The molecule has 1 amide bonds. The second kappa shape index (κ2) is 4.43. The summed E-state index contributed by atoms with van der Waals surface area (Å²) in [7, 11) is 0. The molecule has 4 heteroatoms. The van der Waals surface area contributed by atoms with Gasteiger partial charge in [0.2, 0.25) is 0 Å². The van der Waals surface area contributed by atoms with E-state index in [0.717, 1.165) is 18.8 Å². The van der Waals surface area contributed by atoms with Crippen molar-refractivity contribution in [2.45, 2.75) is 20.8 Å². The molecule has 1 fully saturated rings. The molecule has 14 heavy (non-hydrogen) atoms. The summed E-state index contributed by atoms with van der Waals surface area (Å²) in [4.78, 5) is 13.0. The van der Waals surface area contributed by atoms with E-state index in [1.807, 2.05) is 0 Å². The van der Waals surface area contributed by atoms with Gasteiger partial charge in [0.15, 0.2) is 0 Å². The van der Waals surface area contributed by atoms with E-state index in [9.17, 15) is 4.79 Å². The van der Waals surface area contributed by atoms with Crippen LogP contribution in [0.5, 0.6) is 0 Å². The summed E-state index contributed by atoms with van der Waals surface area (Å²) in [5.41, 5.74) is 0.185. The summed E-state index contributed by atoms with van der Waals surface area (Å²) in [6.07, 6.45) is -0.180. The van der Waals surface area contributed by atoms with Crippen LogP contribution in [-0.2, 0) is 4.74 Å². The van der Waals surface area contributed by atoms with Crippen molar-refractivity contribution in [3.63, 3.8) is 0 Å². The number of thiol groups is 1. The van der Waals surface area contributed by atoms with Gasteiger partial charge in [0.1, 0.15) is 6.61 Å². The highest BCUT2D eigenvalue weighted by Crippen LogP contribution is 2.28. The lowest BCUT2D eigenvalue weighted by Gasteiger charge is -2.31. The van der Waals surface area contributed by atoms with E-state index in [2.05, 4.69) is 33.4 Å². The number of cyclic esters (lactones) is 1. The number of ether oxygens (including phenoxy) is 1. The molecule has 1 atom stereocenters. The molecule has 1 saturated heterocycles. The average Bonchev–Trinajstić information content (AvgIpc) is 2.45. The molecule has 0 aliphatic carbocycles. The molecule has 0 bridgehead atoms. The van der Waals surface area contributed by atoms with Crippen LogP contribution in [0.15, 0.2) is 0 Å². The summed E-state index contributed by atoms with van der Waals surface area (Å²) in [6.45, 7) is 8.53. The summed E-state index contributed by atoms with van der Waals surface area (Å²) < 4.78 is 4.89. The molecular formula is C10H19NO2S. The molecule has 0 aromatic rings. The average molecular weight is 217 g/mol. The fourth-order valence-electron chi connectivity index (χ4n) is 1.46. The molecule has 1 aliphatic heterocycles. The van der Waals surface area contributed by atoms with Crippen molar-refractivity contribution >= 4 is 18.7 Å². The van der Waals surface area contributed by atoms with Crippen molar-refractivity contribution in [1.29, 1.82) is 0 Å². The van der Waals surface area contributed by atoms with Crippen LogP contribution in [-0.4, -0.2) is 36.4 Å². The third-order valence-corrected chi connectivity index (χ3v) is 3.17. The van der Waals surface area contributed by atoms with Crippen LogP contribution in [0, 0.1) is 11.3 Å². The monoisotopic (exact) mass is 217 g/mol. The molecule has 1 heterocycles. The van der Waals surface area contributed by atoms with Crippen LogP contribution >= 0.6 is 12.6 Å². The maximum absolute atomic E-state index is 11.2. The van der Waals surface area contributed by atoms with Gasteiger partial charge in [-0.1, -0.05) is 20.8 Å². The van der Waals surface area contributed by atoms with Crippen LogP contribution in [0.1, 0.15) is 20.8 Å². The quantitative estimate of drug-likeness (QED) is 0.733. The van der Waals surface area contributed by atoms with Gasteiger partial charge < -0.3 is 9.64 Å². The van der Waals surface area contributed by atoms with Gasteiger partial charge in [0.25, 0.3) is 0 Å². The van der Waals surface area contributed by atoms with Crippen molar-refractivity contribution in [2.24, 2.45) is 11.3 Å². The Morgan fingerprint density at radius 2 is 2.21 bits per heavy atom. The number of rotatable bonds is 3. The van der Waals surface area contributed by atoms with Gasteiger partial charge in [-0.05, 0) is 17.1 Å². The Morgan fingerprint density at radius 1 is 1.57 bits per heavy atom. The molecule has 0 N–H and O–H groups in total. The third-order valence-electron chi connectivity index (χ3n) is 2.73. The van der Waals surface area contributed by atoms with Gasteiger partial charge in [-0.2, -0.15) is 12.6 Å². The number of hydrogen-bond donors (Lipinski definition) is 1. The van der Waals surface area contributed by atoms with Crippen LogP contribution in [0.2, 0.25) is 0 Å². The van der Waals surface area contributed by atoms with E-state index < -0.39 is 0 Å². The first kappa shape index (κ1) is 11.7. The fourth-order valence-corrected chi connectivity index (χ4v) is 2.13. The van der Waals surface area contributed by atoms with E-state index >= 15 is 0 Å². The summed E-state index contributed by atoms with van der Waals surface area (Å²) >= 11 is 4.33. The topological polar surface area (TPSA) is 29.5 Å². The number of hydrogen-bond acceptors (Lipinski definition) is 3. The molecule has 1 aliphatic rings. The Morgan fingerprint density at radius 3 is 2.57 bits per heavy atom. The molecule has 82 valence electrons. The first-order chi connectivity index (χ1) is 6.45. The first-order valence-electron chi connectivity index (χ1n) is 4.97. The molecule has 0 radical (unpaired) electrons. The van der Waals surface area contributed by atoms with Crippen molar-refractivity contribution in [1.82, 2.24) is 4.90 Å². The Labute approximate surface area is 91.2 Å². The van der Waals surface area contributed by atoms with E-state index in [1.54, 1.807) is 4.90 Å². The molecule has 3 nitrogen and oxygen atoms in total. The van der Waals surface area contributed by atoms with Crippen LogP contribution in [0.4, 0.5) is 4.79 Å². The lowest BCUT2D eigenvalue weighted by atomic mass is 9.81. The Hall–Kier alpha value is -0.380. The van der Waals surface area contributed by atoms with Gasteiger partial charge in [0.05, 0.1) is 6.54 Å². The number of carbonyl (C=O) groups excluding carboxylic acids is 1. The van der Waals surface area contributed by atoms with E-state index in [4.69, 9.17) is 4.74 Å². The zero-order valence-corrected chi connectivity index (χ0v) is 10.0. The van der Waals surface area contributed by atoms with Gasteiger partial charge in [-0.3, -0.25) is 0 Å². The number of nitrogens with zero attached hydrogens (tertiary/aromatic N) is 1. The van der Waals surface area contributed by atoms with Crippen molar-refractivity contribution in [3.8, 4) is 0 Å². The maximum atomic E-state index is 11.2. The van der Waals surface area contributed by atoms with E-state index in [1.165, 1.54) is 0 Å². The molecule has 0 aromatic heterocycles. The second-order valence-corrected chi connectivity index (χ2v) is 5.17. The molecular weight excluding hydrogens is 198 g/mol. The number of carbonyl (C=O) groups is 1. The largest absolute Gasteiger partial charge is 0.448 e. The second-order valence-electron chi connectivity index (χ2n) is 4.81. The Balaban J connectivity index is 2.52. The molecule has 1 rings (SSSR count). The minimum atomic E-state index is -0.180. The predicted molar refractivity (Wildman–Crippen MR) is 59.7 cm³/mol. The third kappa shape index (κ3) is 2.80. The highest BCUT2D eigenvalue weighted by atomic mass is 32.1. The molecule has 0 aromatic carbocycles. The smallest absolute Gasteiger partial charge is 0.409 e. The van der Waals surface area contributed by atoms with E-state index in [0.29, 0.717) is 12.5 Å². The van der Waals surface area contributed by atoms with Crippen molar-refractivity contribution in [3.05, 3.63) is 0 Å². The lowest BCUT2D eigenvalue weighted by Crippen LogP contribution is -2.37. The molecule has 1 unspecified atom stereocenters. The Bertz CT molecular complexity index is 213. The van der Waals surface area contributed by atoms with Crippen LogP contribution < -0.4 is 0 Å².